The van der Waals surface area contributed by atoms with Crippen molar-refractivity contribution in [1.82, 2.24) is 9.97 Å². The van der Waals surface area contributed by atoms with Gasteiger partial charge in [-0.2, -0.15) is 8.42 Å². The molecule has 4 rings (SSSR count). The molecule has 1 saturated carbocycles. The van der Waals surface area contributed by atoms with Crippen molar-refractivity contribution in [2.24, 2.45) is 5.92 Å². The molecule has 0 spiro atoms. The number of hydrogen-bond acceptors (Lipinski definition) is 6. The van der Waals surface area contributed by atoms with Crippen LogP contribution in [0.25, 0.3) is 11.3 Å². The maximum Gasteiger partial charge on any atom is 0.265 e. The summed E-state index contributed by atoms with van der Waals surface area (Å²) in [7, 11) is -3.94. The molecule has 2 heterocycles. The fourth-order valence-corrected chi connectivity index (χ4v) is 5.35. The first-order valence-electron chi connectivity index (χ1n) is 11.1. The third-order valence-electron chi connectivity index (χ3n) is 5.89. The first kappa shape index (κ1) is 24.4. The molecule has 2 aromatic heterocycles. The van der Waals surface area contributed by atoms with Crippen LogP contribution in [0.4, 0.5) is 16.0 Å². The SMILES string of the molecule is O=S(=O)(O)CC1CCC(Nc2cc(-c3cccc(NCc4cccc(F)c4)n3)c(Cl)cn2)CC1. The van der Waals surface area contributed by atoms with Gasteiger partial charge in [0.05, 0.1) is 16.5 Å². The summed E-state index contributed by atoms with van der Waals surface area (Å²) in [6, 6.07) is 14.0. The number of hydrogen-bond donors (Lipinski definition) is 3. The maximum atomic E-state index is 13.4. The molecule has 7 nitrogen and oxygen atoms in total. The molecule has 0 bridgehead atoms. The molecule has 1 aliphatic rings. The Morgan fingerprint density at radius 2 is 1.82 bits per heavy atom. The summed E-state index contributed by atoms with van der Waals surface area (Å²) < 4.78 is 44.7. The van der Waals surface area contributed by atoms with Gasteiger partial charge in [-0.05, 0) is 67.5 Å². The lowest BCUT2D eigenvalue weighted by Crippen LogP contribution is -2.29. The van der Waals surface area contributed by atoms with E-state index in [2.05, 4.69) is 20.6 Å². The van der Waals surface area contributed by atoms with E-state index in [1.165, 1.54) is 12.1 Å². The van der Waals surface area contributed by atoms with Crippen LogP contribution >= 0.6 is 11.6 Å². The lowest BCUT2D eigenvalue weighted by Gasteiger charge is -2.28. The monoisotopic (exact) mass is 504 g/mol. The Bertz CT molecular complexity index is 1250. The van der Waals surface area contributed by atoms with Gasteiger partial charge < -0.3 is 10.6 Å². The van der Waals surface area contributed by atoms with Gasteiger partial charge in [0.15, 0.2) is 0 Å². The van der Waals surface area contributed by atoms with E-state index in [1.807, 2.05) is 30.3 Å². The predicted molar refractivity (Wildman–Crippen MR) is 132 cm³/mol. The molecule has 1 aromatic carbocycles. The second kappa shape index (κ2) is 10.7. The van der Waals surface area contributed by atoms with Crippen LogP contribution in [0.1, 0.15) is 31.2 Å². The maximum absolute atomic E-state index is 13.4. The third kappa shape index (κ3) is 6.88. The molecule has 0 radical (unpaired) electrons. The van der Waals surface area contributed by atoms with Gasteiger partial charge in [0, 0.05) is 24.3 Å². The molecule has 34 heavy (non-hydrogen) atoms. The van der Waals surface area contributed by atoms with Crippen LogP contribution in [0.5, 0.6) is 0 Å². The van der Waals surface area contributed by atoms with Crippen molar-refractivity contribution in [3.63, 3.8) is 0 Å². The van der Waals surface area contributed by atoms with Gasteiger partial charge in [0.25, 0.3) is 10.1 Å². The second-order valence-corrected chi connectivity index (χ2v) is 10.5. The van der Waals surface area contributed by atoms with E-state index in [-0.39, 0.29) is 23.5 Å². The van der Waals surface area contributed by atoms with E-state index >= 15 is 0 Å². The zero-order valence-corrected chi connectivity index (χ0v) is 20.0. The summed E-state index contributed by atoms with van der Waals surface area (Å²) in [5, 5.41) is 7.08. The molecule has 0 saturated heterocycles. The summed E-state index contributed by atoms with van der Waals surface area (Å²) >= 11 is 6.42. The van der Waals surface area contributed by atoms with E-state index in [1.54, 1.807) is 12.3 Å². The van der Waals surface area contributed by atoms with Crippen molar-refractivity contribution in [3.8, 4) is 11.3 Å². The van der Waals surface area contributed by atoms with Crippen LogP contribution in [-0.2, 0) is 16.7 Å². The molecule has 0 atom stereocenters. The predicted octanol–water partition coefficient (Wildman–Crippen LogP) is 5.41. The molecule has 0 unspecified atom stereocenters. The molecule has 3 aromatic rings. The highest BCUT2D eigenvalue weighted by molar-refractivity contribution is 7.85. The topological polar surface area (TPSA) is 104 Å². The molecule has 3 N–H and O–H groups in total. The summed E-state index contributed by atoms with van der Waals surface area (Å²) in [5.41, 5.74) is 2.22. The first-order chi connectivity index (χ1) is 16.2. The molecule has 1 aliphatic carbocycles. The zero-order valence-electron chi connectivity index (χ0n) is 18.4. The molecule has 0 amide bonds. The fraction of sp³-hybridized carbons (Fsp3) is 0.333. The number of benzene rings is 1. The Morgan fingerprint density at radius 1 is 1.06 bits per heavy atom. The van der Waals surface area contributed by atoms with Gasteiger partial charge in [0.1, 0.15) is 17.5 Å². The van der Waals surface area contributed by atoms with Crippen molar-refractivity contribution in [2.75, 3.05) is 16.4 Å². The van der Waals surface area contributed by atoms with Crippen molar-refractivity contribution < 1.29 is 17.4 Å². The van der Waals surface area contributed by atoms with Gasteiger partial charge >= 0.3 is 0 Å². The van der Waals surface area contributed by atoms with Crippen molar-refractivity contribution in [2.45, 2.75) is 38.3 Å². The Hall–Kier alpha value is -2.75. The summed E-state index contributed by atoms with van der Waals surface area (Å²) in [5.74, 6) is 0.821. The Balaban J connectivity index is 1.41. The molecule has 180 valence electrons. The van der Waals surface area contributed by atoms with Gasteiger partial charge in [0.2, 0.25) is 0 Å². The minimum Gasteiger partial charge on any atom is -0.367 e. The van der Waals surface area contributed by atoms with Crippen LogP contribution in [0.15, 0.2) is 54.7 Å². The minimum atomic E-state index is -3.94. The Morgan fingerprint density at radius 3 is 2.56 bits per heavy atom. The van der Waals surface area contributed by atoms with Crippen LogP contribution in [0.2, 0.25) is 5.02 Å². The van der Waals surface area contributed by atoms with Gasteiger partial charge in [-0.15, -0.1) is 0 Å². The summed E-state index contributed by atoms with van der Waals surface area (Å²) in [6.07, 6.45) is 4.60. The van der Waals surface area contributed by atoms with E-state index in [9.17, 15) is 12.8 Å². The molecule has 1 fully saturated rings. The van der Waals surface area contributed by atoms with E-state index in [0.717, 1.165) is 36.8 Å². The van der Waals surface area contributed by atoms with E-state index in [0.29, 0.717) is 28.9 Å². The van der Waals surface area contributed by atoms with Crippen LogP contribution < -0.4 is 10.6 Å². The van der Waals surface area contributed by atoms with Crippen molar-refractivity contribution in [3.05, 3.63) is 71.1 Å². The minimum absolute atomic E-state index is 0.0198. The molecular formula is C24H26ClFN4O3S. The smallest absolute Gasteiger partial charge is 0.265 e. The summed E-state index contributed by atoms with van der Waals surface area (Å²) in [4.78, 5) is 9.03. The first-order valence-corrected chi connectivity index (χ1v) is 13.1. The molecule has 10 heteroatoms. The van der Waals surface area contributed by atoms with Gasteiger partial charge in [-0.25, -0.2) is 14.4 Å². The van der Waals surface area contributed by atoms with Crippen molar-refractivity contribution >= 4 is 33.4 Å². The standard InChI is InChI=1S/C24H26ClFN4O3S/c25-21-14-28-24(29-19-9-7-16(8-10-19)15-34(31,32)33)12-20(21)22-5-2-6-23(30-22)27-13-17-3-1-4-18(26)11-17/h1-6,11-12,14,16,19H,7-10,13,15H2,(H,27,30)(H,28,29)(H,31,32,33). The van der Waals surface area contributed by atoms with Crippen molar-refractivity contribution in [1.29, 1.82) is 0 Å². The summed E-state index contributed by atoms with van der Waals surface area (Å²) in [6.45, 7) is 0.436. The number of halogens is 2. The number of aromatic nitrogens is 2. The normalized spacial score (nSPS) is 18.4. The lowest BCUT2D eigenvalue weighted by molar-refractivity contribution is 0.353. The third-order valence-corrected chi connectivity index (χ3v) is 7.08. The highest BCUT2D eigenvalue weighted by Crippen LogP contribution is 2.31. The van der Waals surface area contributed by atoms with E-state index in [4.69, 9.17) is 16.2 Å². The molecular weight excluding hydrogens is 479 g/mol. The van der Waals surface area contributed by atoms with Crippen LogP contribution in [0, 0.1) is 11.7 Å². The average Bonchev–Trinajstić information content (AvgIpc) is 2.80. The largest absolute Gasteiger partial charge is 0.367 e. The van der Waals surface area contributed by atoms with Gasteiger partial charge in [-0.1, -0.05) is 29.8 Å². The number of pyridine rings is 2. The van der Waals surface area contributed by atoms with E-state index < -0.39 is 10.1 Å². The lowest BCUT2D eigenvalue weighted by atomic mass is 9.87. The number of anilines is 2. The number of rotatable bonds is 8. The van der Waals surface area contributed by atoms with Crippen LogP contribution in [0.3, 0.4) is 0 Å². The second-order valence-electron chi connectivity index (χ2n) is 8.55. The Labute approximate surface area is 203 Å². The quantitative estimate of drug-likeness (QED) is 0.352. The highest BCUT2D eigenvalue weighted by Gasteiger charge is 2.25. The number of nitrogens with one attached hydrogen (secondary N) is 2. The highest BCUT2D eigenvalue weighted by atomic mass is 35.5. The average molecular weight is 505 g/mol. The van der Waals surface area contributed by atoms with Gasteiger partial charge in [-0.3, -0.25) is 4.55 Å². The number of nitrogens with zero attached hydrogens (tertiary/aromatic N) is 2. The Kier molecular flexibility index (Phi) is 7.65. The fourth-order valence-electron chi connectivity index (χ4n) is 4.22. The van der Waals surface area contributed by atoms with Crippen LogP contribution in [-0.4, -0.2) is 34.7 Å². The molecule has 0 aliphatic heterocycles. The zero-order chi connectivity index (χ0) is 24.1.